The Labute approximate surface area is 218 Å². The Morgan fingerprint density at radius 3 is 1.60 bits per heavy atom. The van der Waals surface area contributed by atoms with Gasteiger partial charge in [0.05, 0.1) is 12.9 Å². The summed E-state index contributed by atoms with van der Waals surface area (Å²) in [5.41, 5.74) is 5.90. The summed E-state index contributed by atoms with van der Waals surface area (Å²) in [5, 5.41) is 0. The standard InChI is InChI=1S/C31H43O2PS/c1-30(2,3)27-13-9-25(10-14-27)17-21-34(35,23-20-32-24-29-8-7-19-33-29)22-18-26-11-15-28(16-12-26)31(4,5)6/h7-16,19H,17-18,20-24H2,1-6H3. The zero-order valence-electron chi connectivity index (χ0n) is 22.5. The molecule has 0 aliphatic carbocycles. The van der Waals surface area contributed by atoms with E-state index in [1.54, 1.807) is 6.26 Å². The van der Waals surface area contributed by atoms with E-state index in [9.17, 15) is 0 Å². The van der Waals surface area contributed by atoms with Crippen LogP contribution in [-0.4, -0.2) is 25.1 Å². The van der Waals surface area contributed by atoms with Crippen LogP contribution in [0.4, 0.5) is 0 Å². The zero-order chi connectivity index (χ0) is 25.5. The lowest BCUT2D eigenvalue weighted by Gasteiger charge is -2.24. The highest BCUT2D eigenvalue weighted by Crippen LogP contribution is 2.47. The van der Waals surface area contributed by atoms with Gasteiger partial charge in [0.1, 0.15) is 12.4 Å². The van der Waals surface area contributed by atoms with E-state index in [1.165, 1.54) is 22.3 Å². The van der Waals surface area contributed by atoms with E-state index in [1.807, 2.05) is 12.1 Å². The van der Waals surface area contributed by atoms with Crippen LogP contribution in [0.2, 0.25) is 0 Å². The van der Waals surface area contributed by atoms with Crippen LogP contribution in [0.1, 0.15) is 69.6 Å². The molecule has 0 atom stereocenters. The van der Waals surface area contributed by atoms with Crippen LogP contribution in [-0.2, 0) is 46.8 Å². The van der Waals surface area contributed by atoms with Gasteiger partial charge < -0.3 is 9.15 Å². The summed E-state index contributed by atoms with van der Waals surface area (Å²) in [7, 11) is 0. The van der Waals surface area contributed by atoms with E-state index >= 15 is 0 Å². The van der Waals surface area contributed by atoms with Crippen molar-refractivity contribution in [3.8, 4) is 0 Å². The Morgan fingerprint density at radius 2 is 1.20 bits per heavy atom. The van der Waals surface area contributed by atoms with Crippen molar-refractivity contribution in [1.82, 2.24) is 0 Å². The topological polar surface area (TPSA) is 22.4 Å². The first-order valence-corrected chi connectivity index (χ1v) is 16.2. The SMILES string of the molecule is CC(C)(C)c1ccc(CCP(=S)(CCOCc2ccco2)CCc2ccc(C(C)(C)C)cc2)cc1. The molecule has 1 aromatic heterocycles. The van der Waals surface area contributed by atoms with Crippen LogP contribution in [0.3, 0.4) is 0 Å². The smallest absolute Gasteiger partial charge is 0.129 e. The van der Waals surface area contributed by atoms with Crippen LogP contribution in [0.5, 0.6) is 0 Å². The third-order valence-corrected chi connectivity index (χ3v) is 11.4. The quantitative estimate of drug-likeness (QED) is 0.191. The molecule has 35 heavy (non-hydrogen) atoms. The maximum Gasteiger partial charge on any atom is 0.129 e. The first-order valence-electron chi connectivity index (χ1n) is 12.8. The van der Waals surface area contributed by atoms with Gasteiger partial charge in [-0.25, -0.2) is 0 Å². The van der Waals surface area contributed by atoms with Crippen LogP contribution < -0.4 is 0 Å². The van der Waals surface area contributed by atoms with Crippen molar-refractivity contribution in [2.45, 2.75) is 71.8 Å². The van der Waals surface area contributed by atoms with E-state index < -0.39 is 6.04 Å². The molecule has 0 N–H and O–H groups in total. The highest BCUT2D eigenvalue weighted by molar-refractivity contribution is 8.14. The van der Waals surface area contributed by atoms with E-state index in [0.717, 1.165) is 37.1 Å². The van der Waals surface area contributed by atoms with Crippen molar-refractivity contribution in [2.75, 3.05) is 25.1 Å². The first kappa shape index (κ1) is 27.9. The van der Waals surface area contributed by atoms with Crippen molar-refractivity contribution in [3.05, 3.63) is 94.9 Å². The molecule has 0 saturated heterocycles. The van der Waals surface area contributed by atoms with Crippen molar-refractivity contribution in [1.29, 1.82) is 0 Å². The van der Waals surface area contributed by atoms with Gasteiger partial charge in [0.2, 0.25) is 0 Å². The molecule has 0 amide bonds. The van der Waals surface area contributed by atoms with Gasteiger partial charge in [-0.15, -0.1) is 0 Å². The number of rotatable bonds is 11. The molecule has 3 rings (SSSR count). The lowest BCUT2D eigenvalue weighted by atomic mass is 9.86. The van der Waals surface area contributed by atoms with Crippen LogP contribution >= 0.6 is 6.04 Å². The monoisotopic (exact) mass is 510 g/mol. The largest absolute Gasteiger partial charge is 0.467 e. The second-order valence-corrected chi connectivity index (χ2v) is 17.5. The summed E-state index contributed by atoms with van der Waals surface area (Å²) in [5.74, 6) is 0.871. The van der Waals surface area contributed by atoms with Crippen molar-refractivity contribution >= 4 is 17.8 Å². The molecule has 2 nitrogen and oxygen atoms in total. The first-order chi connectivity index (χ1) is 16.4. The van der Waals surface area contributed by atoms with Crippen LogP contribution in [0.25, 0.3) is 0 Å². The minimum atomic E-state index is -1.57. The lowest BCUT2D eigenvalue weighted by molar-refractivity contribution is 0.120. The second-order valence-electron chi connectivity index (χ2n) is 11.8. The highest BCUT2D eigenvalue weighted by Gasteiger charge is 2.19. The number of aryl methyl sites for hydroxylation is 2. The minimum absolute atomic E-state index is 0.182. The number of furan rings is 1. The maximum absolute atomic E-state index is 6.39. The summed E-state index contributed by atoms with van der Waals surface area (Å²) in [6.45, 7) is 14.8. The summed E-state index contributed by atoms with van der Waals surface area (Å²) in [6.07, 6.45) is 6.93. The number of benzene rings is 2. The van der Waals surface area contributed by atoms with Gasteiger partial charge in [0.25, 0.3) is 0 Å². The number of hydrogen-bond donors (Lipinski definition) is 0. The van der Waals surface area contributed by atoms with Crippen LogP contribution in [0.15, 0.2) is 71.3 Å². The normalized spacial score (nSPS) is 12.7. The van der Waals surface area contributed by atoms with E-state index in [2.05, 4.69) is 90.1 Å². The molecule has 2 aromatic carbocycles. The maximum atomic E-state index is 6.39. The fourth-order valence-electron chi connectivity index (χ4n) is 4.14. The predicted molar refractivity (Wildman–Crippen MR) is 155 cm³/mol. The van der Waals surface area contributed by atoms with Gasteiger partial charge in [-0.3, -0.25) is 0 Å². The molecule has 0 saturated carbocycles. The summed E-state index contributed by atoms with van der Waals surface area (Å²) >= 11 is 6.39. The molecule has 3 aromatic rings. The average molecular weight is 511 g/mol. The zero-order valence-corrected chi connectivity index (χ0v) is 24.2. The van der Waals surface area contributed by atoms with E-state index in [4.69, 9.17) is 21.0 Å². The summed E-state index contributed by atoms with van der Waals surface area (Å²) in [4.78, 5) is 0. The molecular weight excluding hydrogens is 467 g/mol. The van der Waals surface area contributed by atoms with Gasteiger partial charge in [0, 0.05) is 6.16 Å². The molecule has 0 fully saturated rings. The van der Waals surface area contributed by atoms with Gasteiger partial charge in [-0.2, -0.15) is 0 Å². The van der Waals surface area contributed by atoms with Gasteiger partial charge in [0.15, 0.2) is 0 Å². The second kappa shape index (κ2) is 12.0. The summed E-state index contributed by atoms with van der Waals surface area (Å²) < 4.78 is 11.4. The fraction of sp³-hybridized carbons (Fsp3) is 0.484. The highest BCUT2D eigenvalue weighted by atomic mass is 32.4. The minimum Gasteiger partial charge on any atom is -0.467 e. The average Bonchev–Trinajstić information content (AvgIpc) is 3.33. The van der Waals surface area contributed by atoms with E-state index in [0.29, 0.717) is 13.2 Å². The number of ether oxygens (including phenoxy) is 1. The predicted octanol–water partition coefficient (Wildman–Crippen LogP) is 8.36. The number of hydrogen-bond acceptors (Lipinski definition) is 3. The lowest BCUT2D eigenvalue weighted by Crippen LogP contribution is -2.12. The molecule has 0 radical (unpaired) electrons. The molecule has 4 heteroatoms. The van der Waals surface area contributed by atoms with Crippen molar-refractivity contribution in [2.24, 2.45) is 0 Å². The Bertz CT molecular complexity index is 1000. The molecule has 0 aliphatic heterocycles. The van der Waals surface area contributed by atoms with Gasteiger partial charge in [-0.05, 0) is 76.4 Å². The summed E-state index contributed by atoms with van der Waals surface area (Å²) in [6, 6.07) is 20.6. The van der Waals surface area contributed by atoms with Gasteiger partial charge >= 0.3 is 0 Å². The van der Waals surface area contributed by atoms with Crippen molar-refractivity contribution in [3.63, 3.8) is 0 Å². The third kappa shape index (κ3) is 9.05. The Hall–Kier alpha value is -1.67. The van der Waals surface area contributed by atoms with E-state index in [-0.39, 0.29) is 10.8 Å². The fourth-order valence-corrected chi connectivity index (χ4v) is 7.38. The Balaban J connectivity index is 1.62. The van der Waals surface area contributed by atoms with Crippen LogP contribution in [0, 0.1) is 0 Å². The molecule has 0 bridgehead atoms. The molecule has 0 spiro atoms. The Morgan fingerprint density at radius 1 is 0.714 bits per heavy atom. The Kier molecular flexibility index (Phi) is 9.60. The molecule has 1 heterocycles. The van der Waals surface area contributed by atoms with Gasteiger partial charge in [-0.1, -0.05) is 102 Å². The molecule has 0 unspecified atom stereocenters. The molecular formula is C31H43O2PS. The molecule has 190 valence electrons. The van der Waals surface area contributed by atoms with Crippen molar-refractivity contribution < 1.29 is 9.15 Å². The molecule has 0 aliphatic rings. The third-order valence-electron chi connectivity index (χ3n) is 6.72.